The Balaban J connectivity index is 1.87. The molecule has 0 saturated carbocycles. The van der Waals surface area contributed by atoms with Gasteiger partial charge in [0.25, 0.3) is 0 Å². The van der Waals surface area contributed by atoms with Crippen LogP contribution in [0.3, 0.4) is 0 Å². The summed E-state index contributed by atoms with van der Waals surface area (Å²) in [5, 5.41) is 17.4. The van der Waals surface area contributed by atoms with E-state index in [0.29, 0.717) is 17.1 Å². The standard InChI is InChI=1S/C31H37N3O7/c1-6-39-28(36)32-24-13-7-21(8-14-24)27(22-9-15-25(16-10-22)33-29(37)40-20(2)3)23-11-17-26(18-12-23)34-30(38)41-31(4,5)19-35/h7-18,20,27,35H,6,19H2,1-5H3,(H,32,36)(H,33,37)(H,34,38). The van der Waals surface area contributed by atoms with Crippen LogP contribution in [0.4, 0.5) is 31.4 Å². The third-order valence-corrected chi connectivity index (χ3v) is 5.84. The Morgan fingerprint density at radius 1 is 0.707 bits per heavy atom. The Bertz CT molecular complexity index is 1310. The molecule has 0 radical (unpaired) electrons. The Hall–Kier alpha value is -4.57. The number of hydrogen-bond acceptors (Lipinski definition) is 7. The van der Waals surface area contributed by atoms with Crippen molar-refractivity contribution < 1.29 is 33.7 Å². The summed E-state index contributed by atoms with van der Waals surface area (Å²) in [5.41, 5.74) is 3.55. The monoisotopic (exact) mass is 563 g/mol. The van der Waals surface area contributed by atoms with E-state index in [4.69, 9.17) is 14.2 Å². The van der Waals surface area contributed by atoms with E-state index in [-0.39, 0.29) is 25.2 Å². The van der Waals surface area contributed by atoms with Crippen molar-refractivity contribution in [3.8, 4) is 0 Å². The fourth-order valence-corrected chi connectivity index (χ4v) is 3.93. The predicted molar refractivity (Wildman–Crippen MR) is 157 cm³/mol. The number of nitrogens with one attached hydrogen (secondary N) is 3. The van der Waals surface area contributed by atoms with Gasteiger partial charge in [0.1, 0.15) is 5.60 Å². The lowest BCUT2D eigenvalue weighted by Gasteiger charge is -2.23. The molecule has 0 aliphatic rings. The molecule has 0 saturated heterocycles. The minimum absolute atomic E-state index is 0.211. The number of benzene rings is 3. The van der Waals surface area contributed by atoms with Crippen LogP contribution in [0.1, 0.15) is 57.2 Å². The molecule has 10 heteroatoms. The number of aliphatic hydroxyl groups excluding tert-OH is 1. The van der Waals surface area contributed by atoms with Gasteiger partial charge in [-0.1, -0.05) is 36.4 Å². The van der Waals surface area contributed by atoms with E-state index in [9.17, 15) is 19.5 Å². The van der Waals surface area contributed by atoms with Crippen LogP contribution < -0.4 is 16.0 Å². The van der Waals surface area contributed by atoms with Crippen molar-refractivity contribution in [3.63, 3.8) is 0 Å². The quantitative estimate of drug-likeness (QED) is 0.159. The Labute approximate surface area is 240 Å². The van der Waals surface area contributed by atoms with Gasteiger partial charge in [0.05, 0.1) is 19.3 Å². The fraction of sp³-hybridized carbons (Fsp3) is 0.323. The van der Waals surface area contributed by atoms with Crippen LogP contribution in [0.25, 0.3) is 0 Å². The maximum atomic E-state index is 12.2. The smallest absolute Gasteiger partial charge is 0.412 e. The van der Waals surface area contributed by atoms with Gasteiger partial charge in [-0.25, -0.2) is 14.4 Å². The summed E-state index contributed by atoms with van der Waals surface area (Å²) in [6.07, 6.45) is -1.96. The van der Waals surface area contributed by atoms with Crippen LogP contribution in [-0.4, -0.2) is 48.3 Å². The summed E-state index contributed by atoms with van der Waals surface area (Å²) < 4.78 is 15.4. The van der Waals surface area contributed by atoms with E-state index in [1.807, 2.05) is 36.4 Å². The average molecular weight is 564 g/mol. The zero-order valence-electron chi connectivity index (χ0n) is 23.9. The molecule has 0 heterocycles. The van der Waals surface area contributed by atoms with Crippen LogP contribution >= 0.6 is 0 Å². The summed E-state index contributed by atoms with van der Waals surface area (Å²) in [6.45, 7) is 8.49. The predicted octanol–water partition coefficient (Wildman–Crippen LogP) is 6.71. The van der Waals surface area contributed by atoms with Gasteiger partial charge >= 0.3 is 18.3 Å². The zero-order valence-corrected chi connectivity index (χ0v) is 23.9. The number of aliphatic hydroxyl groups is 1. The second-order valence-corrected chi connectivity index (χ2v) is 10.2. The number of carbonyl (C=O) groups excluding carboxylic acids is 3. The Morgan fingerprint density at radius 2 is 1.10 bits per heavy atom. The zero-order chi connectivity index (χ0) is 30.0. The number of carbonyl (C=O) groups is 3. The average Bonchev–Trinajstić information content (AvgIpc) is 2.91. The van der Waals surface area contributed by atoms with Gasteiger partial charge in [-0.2, -0.15) is 0 Å². The molecule has 3 aromatic rings. The summed E-state index contributed by atoms with van der Waals surface area (Å²) in [6, 6.07) is 22.2. The van der Waals surface area contributed by atoms with Gasteiger partial charge < -0.3 is 19.3 Å². The first-order chi connectivity index (χ1) is 19.5. The van der Waals surface area contributed by atoms with Crippen LogP contribution in [0.5, 0.6) is 0 Å². The van der Waals surface area contributed by atoms with E-state index < -0.39 is 23.9 Å². The van der Waals surface area contributed by atoms with Crippen molar-refractivity contribution in [1.82, 2.24) is 0 Å². The number of hydrogen-bond donors (Lipinski definition) is 4. The van der Waals surface area contributed by atoms with Gasteiger partial charge in [0.2, 0.25) is 0 Å². The van der Waals surface area contributed by atoms with Gasteiger partial charge in [-0.15, -0.1) is 0 Å². The second-order valence-electron chi connectivity index (χ2n) is 10.2. The number of anilines is 3. The molecule has 0 aromatic heterocycles. The maximum Gasteiger partial charge on any atom is 0.412 e. The first kappa shape index (κ1) is 31.0. The number of ether oxygens (including phenoxy) is 3. The fourth-order valence-electron chi connectivity index (χ4n) is 3.93. The number of amides is 3. The van der Waals surface area contributed by atoms with Crippen LogP contribution in [0.15, 0.2) is 72.8 Å². The van der Waals surface area contributed by atoms with Gasteiger partial charge in [-0.3, -0.25) is 16.0 Å². The van der Waals surface area contributed by atoms with Crippen LogP contribution in [-0.2, 0) is 14.2 Å². The Morgan fingerprint density at radius 3 is 1.46 bits per heavy atom. The SMILES string of the molecule is CCOC(=O)Nc1ccc(C(c2ccc(NC(=O)OC(C)C)cc2)c2ccc(NC(=O)OC(C)(C)CO)cc2)cc1. The highest BCUT2D eigenvalue weighted by Gasteiger charge is 2.22. The lowest BCUT2D eigenvalue weighted by atomic mass is 9.85. The van der Waals surface area contributed by atoms with Crippen molar-refractivity contribution in [2.75, 3.05) is 29.2 Å². The van der Waals surface area contributed by atoms with Crippen LogP contribution in [0.2, 0.25) is 0 Å². The molecule has 3 amide bonds. The van der Waals surface area contributed by atoms with Crippen LogP contribution in [0, 0.1) is 0 Å². The molecule has 1 unspecified atom stereocenters. The summed E-state index contributed by atoms with van der Waals surface area (Å²) in [4.78, 5) is 36.1. The van der Waals surface area contributed by atoms with Gasteiger partial charge in [-0.05, 0) is 87.7 Å². The van der Waals surface area contributed by atoms with E-state index in [1.54, 1.807) is 71.0 Å². The van der Waals surface area contributed by atoms with Gasteiger partial charge in [0, 0.05) is 23.0 Å². The van der Waals surface area contributed by atoms with E-state index in [2.05, 4.69) is 16.0 Å². The molecule has 0 fully saturated rings. The van der Waals surface area contributed by atoms with Crippen molar-refractivity contribution in [1.29, 1.82) is 0 Å². The lowest BCUT2D eigenvalue weighted by Crippen LogP contribution is -2.34. The maximum absolute atomic E-state index is 12.2. The molecule has 10 nitrogen and oxygen atoms in total. The molecule has 0 aliphatic carbocycles. The molecule has 3 aromatic carbocycles. The summed E-state index contributed by atoms with van der Waals surface area (Å²) in [5.74, 6) is -0.211. The van der Waals surface area contributed by atoms with Gasteiger partial charge in [0.15, 0.2) is 0 Å². The Kier molecular flexibility index (Phi) is 10.7. The molecular weight excluding hydrogens is 526 g/mol. The largest absolute Gasteiger partial charge is 0.450 e. The molecular formula is C31H37N3O7. The molecule has 0 bridgehead atoms. The number of rotatable bonds is 10. The minimum atomic E-state index is -1.00. The van der Waals surface area contributed by atoms with Crippen molar-refractivity contribution in [2.24, 2.45) is 0 Å². The molecule has 41 heavy (non-hydrogen) atoms. The first-order valence-corrected chi connectivity index (χ1v) is 13.3. The topological polar surface area (TPSA) is 135 Å². The van der Waals surface area contributed by atoms with Crippen molar-refractivity contribution >= 4 is 35.3 Å². The van der Waals surface area contributed by atoms with Crippen molar-refractivity contribution in [3.05, 3.63) is 89.5 Å². The third kappa shape index (κ3) is 9.54. The molecule has 3 rings (SSSR count). The molecule has 0 aliphatic heterocycles. The van der Waals surface area contributed by atoms with E-state index in [0.717, 1.165) is 16.7 Å². The second kappa shape index (κ2) is 14.2. The summed E-state index contributed by atoms with van der Waals surface area (Å²) in [7, 11) is 0. The highest BCUT2D eigenvalue weighted by atomic mass is 16.6. The molecule has 218 valence electrons. The van der Waals surface area contributed by atoms with E-state index >= 15 is 0 Å². The lowest BCUT2D eigenvalue weighted by molar-refractivity contribution is 0.00360. The molecule has 4 N–H and O–H groups in total. The highest BCUT2D eigenvalue weighted by Crippen LogP contribution is 2.34. The summed E-state index contributed by atoms with van der Waals surface area (Å²) >= 11 is 0. The normalized spacial score (nSPS) is 11.8. The molecule has 0 spiro atoms. The molecule has 1 atom stereocenters. The van der Waals surface area contributed by atoms with E-state index in [1.165, 1.54) is 0 Å². The third-order valence-electron chi connectivity index (χ3n) is 5.84. The minimum Gasteiger partial charge on any atom is -0.450 e. The van der Waals surface area contributed by atoms with Crippen molar-refractivity contribution in [2.45, 2.75) is 52.2 Å². The first-order valence-electron chi connectivity index (χ1n) is 13.3. The highest BCUT2D eigenvalue weighted by molar-refractivity contribution is 5.86.